The zero-order valence-corrected chi connectivity index (χ0v) is 15.5. The third kappa shape index (κ3) is 4.04. The van der Waals surface area contributed by atoms with Crippen molar-refractivity contribution in [2.75, 3.05) is 49.1 Å². The number of amides is 1. The number of carbonyl (C=O) groups excluding carboxylic acids is 1. The highest BCUT2D eigenvalue weighted by Gasteiger charge is 2.23. The van der Waals surface area contributed by atoms with Gasteiger partial charge in [0.2, 0.25) is 0 Å². The number of aromatic nitrogens is 1. The first-order valence-corrected chi connectivity index (χ1v) is 9.70. The largest absolute Gasteiger partial charge is 0.370 e. The Kier molecular flexibility index (Phi) is 5.23. The van der Waals surface area contributed by atoms with Gasteiger partial charge in [-0.15, -0.1) is 0 Å². The second kappa shape index (κ2) is 7.94. The molecule has 142 valence electrons. The second-order valence-electron chi connectivity index (χ2n) is 7.24. The molecule has 0 N–H and O–H groups in total. The molecule has 6 heteroatoms. The van der Waals surface area contributed by atoms with Crippen molar-refractivity contribution in [2.45, 2.75) is 19.3 Å². The Labute approximate surface area is 159 Å². The molecule has 0 bridgehead atoms. The maximum absolute atomic E-state index is 13.1. The van der Waals surface area contributed by atoms with Crippen molar-refractivity contribution in [1.82, 2.24) is 9.88 Å². The van der Waals surface area contributed by atoms with Crippen LogP contribution in [0.1, 0.15) is 29.6 Å². The van der Waals surface area contributed by atoms with Gasteiger partial charge in [0.15, 0.2) is 0 Å². The number of rotatable bonds is 3. The quantitative estimate of drug-likeness (QED) is 0.834. The third-order valence-electron chi connectivity index (χ3n) is 5.45. The van der Waals surface area contributed by atoms with E-state index in [0.717, 1.165) is 37.6 Å². The summed E-state index contributed by atoms with van der Waals surface area (Å²) in [6.07, 6.45) is 7.20. The van der Waals surface area contributed by atoms with Crippen molar-refractivity contribution in [2.24, 2.45) is 0 Å². The molecule has 0 unspecified atom stereocenters. The Morgan fingerprint density at radius 1 is 0.815 bits per heavy atom. The van der Waals surface area contributed by atoms with Crippen LogP contribution in [0.25, 0.3) is 0 Å². The van der Waals surface area contributed by atoms with Crippen LogP contribution in [0.15, 0.2) is 42.7 Å². The fraction of sp³-hybridized carbons (Fsp3) is 0.429. The van der Waals surface area contributed by atoms with Gasteiger partial charge in [-0.05, 0) is 49.6 Å². The maximum atomic E-state index is 13.1. The molecular weight excluding hydrogens is 343 g/mol. The first-order valence-electron chi connectivity index (χ1n) is 9.70. The number of hydrogen-bond acceptors (Lipinski definition) is 4. The zero-order valence-electron chi connectivity index (χ0n) is 15.5. The lowest BCUT2D eigenvalue weighted by Crippen LogP contribution is -2.48. The Balaban J connectivity index is 1.39. The molecule has 3 heterocycles. The minimum atomic E-state index is -0.228. The van der Waals surface area contributed by atoms with Crippen molar-refractivity contribution in [3.05, 3.63) is 54.1 Å². The van der Waals surface area contributed by atoms with Crippen molar-refractivity contribution in [3.8, 4) is 0 Å². The lowest BCUT2D eigenvalue weighted by Gasteiger charge is -2.36. The summed E-state index contributed by atoms with van der Waals surface area (Å²) in [7, 11) is 0. The summed E-state index contributed by atoms with van der Waals surface area (Å²) in [5.41, 5.74) is 2.70. The minimum absolute atomic E-state index is 0.0418. The molecule has 2 saturated heterocycles. The molecule has 1 aromatic heterocycles. The van der Waals surface area contributed by atoms with E-state index in [1.165, 1.54) is 31.4 Å². The van der Waals surface area contributed by atoms with Crippen LogP contribution in [0.5, 0.6) is 0 Å². The number of anilines is 2. The van der Waals surface area contributed by atoms with Gasteiger partial charge in [-0.2, -0.15) is 0 Å². The first kappa shape index (κ1) is 17.8. The smallest absolute Gasteiger partial charge is 0.255 e. The van der Waals surface area contributed by atoms with E-state index in [-0.39, 0.29) is 11.7 Å². The maximum Gasteiger partial charge on any atom is 0.255 e. The van der Waals surface area contributed by atoms with Crippen molar-refractivity contribution < 1.29 is 9.18 Å². The SMILES string of the molecule is O=C(c1cncc(N2CCCCC2)c1)N1CCN(c2ccc(F)cc2)CC1. The molecule has 0 radical (unpaired) electrons. The summed E-state index contributed by atoms with van der Waals surface area (Å²) >= 11 is 0. The molecule has 5 nitrogen and oxygen atoms in total. The van der Waals surface area contributed by atoms with Crippen LogP contribution >= 0.6 is 0 Å². The number of hydrogen-bond donors (Lipinski definition) is 0. The monoisotopic (exact) mass is 368 g/mol. The van der Waals surface area contributed by atoms with Crippen molar-refractivity contribution in [1.29, 1.82) is 0 Å². The molecule has 27 heavy (non-hydrogen) atoms. The lowest BCUT2D eigenvalue weighted by atomic mass is 10.1. The average molecular weight is 368 g/mol. The van der Waals surface area contributed by atoms with Crippen LogP contribution in [-0.4, -0.2) is 55.1 Å². The van der Waals surface area contributed by atoms with Crippen molar-refractivity contribution >= 4 is 17.3 Å². The van der Waals surface area contributed by atoms with Gasteiger partial charge in [-0.3, -0.25) is 9.78 Å². The topological polar surface area (TPSA) is 39.7 Å². The second-order valence-corrected chi connectivity index (χ2v) is 7.24. The number of carbonyl (C=O) groups is 1. The molecule has 4 rings (SSSR count). The van der Waals surface area contributed by atoms with Crippen LogP contribution < -0.4 is 9.80 Å². The number of nitrogens with zero attached hydrogens (tertiary/aromatic N) is 4. The summed E-state index contributed by atoms with van der Waals surface area (Å²) in [6.45, 7) is 4.88. The van der Waals surface area contributed by atoms with E-state index >= 15 is 0 Å². The van der Waals surface area contributed by atoms with Crippen molar-refractivity contribution in [3.63, 3.8) is 0 Å². The van der Waals surface area contributed by atoms with Gasteiger partial charge in [-0.1, -0.05) is 0 Å². The molecule has 1 aromatic carbocycles. The van der Waals surface area contributed by atoms with Crippen LogP contribution in [0.3, 0.4) is 0 Å². The Hall–Kier alpha value is -2.63. The molecule has 2 aliphatic heterocycles. The van der Waals surface area contributed by atoms with Crippen LogP contribution in [0.2, 0.25) is 0 Å². The summed E-state index contributed by atoms with van der Waals surface area (Å²) < 4.78 is 13.1. The predicted molar refractivity (Wildman–Crippen MR) is 105 cm³/mol. The molecule has 0 saturated carbocycles. The van der Waals surface area contributed by atoms with Crippen LogP contribution in [0, 0.1) is 5.82 Å². The molecule has 0 aliphatic carbocycles. The molecule has 0 atom stereocenters. The van der Waals surface area contributed by atoms with Crippen LogP contribution in [0.4, 0.5) is 15.8 Å². The molecular formula is C21H25FN4O. The van der Waals surface area contributed by atoms with E-state index in [4.69, 9.17) is 0 Å². The predicted octanol–water partition coefficient (Wildman–Crippen LogP) is 3.17. The highest BCUT2D eigenvalue weighted by atomic mass is 19.1. The number of piperidine rings is 1. The Morgan fingerprint density at radius 2 is 1.48 bits per heavy atom. The average Bonchev–Trinajstić information content (AvgIpc) is 2.75. The van der Waals surface area contributed by atoms with E-state index < -0.39 is 0 Å². The standard InChI is InChI=1S/C21H25FN4O/c22-18-4-6-19(7-5-18)25-10-12-26(13-11-25)21(27)17-14-20(16-23-15-17)24-8-2-1-3-9-24/h4-7,14-16H,1-3,8-13H2. The van der Waals surface area contributed by atoms with E-state index in [0.29, 0.717) is 18.7 Å². The third-order valence-corrected chi connectivity index (χ3v) is 5.45. The van der Waals surface area contributed by atoms with Gasteiger partial charge < -0.3 is 14.7 Å². The van der Waals surface area contributed by atoms with Gasteiger partial charge in [0.25, 0.3) is 5.91 Å². The van der Waals surface area contributed by atoms with Gasteiger partial charge in [0.1, 0.15) is 5.82 Å². The van der Waals surface area contributed by atoms with Crippen LogP contribution in [-0.2, 0) is 0 Å². The van der Waals surface area contributed by atoms with Gasteiger partial charge >= 0.3 is 0 Å². The van der Waals surface area contributed by atoms with Gasteiger partial charge in [-0.25, -0.2) is 4.39 Å². The highest BCUT2D eigenvalue weighted by Crippen LogP contribution is 2.22. The Morgan fingerprint density at radius 3 is 2.19 bits per heavy atom. The molecule has 2 aromatic rings. The fourth-order valence-electron chi connectivity index (χ4n) is 3.87. The van der Waals surface area contributed by atoms with E-state index in [1.54, 1.807) is 18.3 Å². The Bertz CT molecular complexity index is 781. The number of benzene rings is 1. The molecule has 1 amide bonds. The zero-order chi connectivity index (χ0) is 18.6. The highest BCUT2D eigenvalue weighted by molar-refractivity contribution is 5.95. The summed E-state index contributed by atoms with van der Waals surface area (Å²) in [5, 5.41) is 0. The molecule has 0 spiro atoms. The first-order chi connectivity index (χ1) is 13.2. The number of piperazine rings is 1. The van der Waals surface area contributed by atoms with E-state index in [9.17, 15) is 9.18 Å². The minimum Gasteiger partial charge on any atom is -0.370 e. The molecule has 2 aliphatic rings. The van der Waals surface area contributed by atoms with E-state index in [1.807, 2.05) is 17.2 Å². The van der Waals surface area contributed by atoms with Gasteiger partial charge in [0.05, 0.1) is 17.4 Å². The normalized spacial score (nSPS) is 17.9. The molecule has 2 fully saturated rings. The summed E-state index contributed by atoms with van der Waals surface area (Å²) in [6, 6.07) is 8.51. The lowest BCUT2D eigenvalue weighted by molar-refractivity contribution is 0.0746. The summed E-state index contributed by atoms with van der Waals surface area (Å²) in [5.74, 6) is -0.186. The fourth-order valence-corrected chi connectivity index (χ4v) is 3.87. The summed E-state index contributed by atoms with van der Waals surface area (Å²) in [4.78, 5) is 23.6. The van der Waals surface area contributed by atoms with Gasteiger partial charge in [0, 0.05) is 51.2 Å². The number of pyridine rings is 1. The van der Waals surface area contributed by atoms with E-state index in [2.05, 4.69) is 14.8 Å². The number of halogens is 1.